The second-order valence-corrected chi connectivity index (χ2v) is 4.96. The van der Waals surface area contributed by atoms with E-state index in [0.717, 1.165) is 13.0 Å². The molecule has 0 aromatic heterocycles. The Hall–Kier alpha value is -1.26. The van der Waals surface area contributed by atoms with Crippen molar-refractivity contribution in [2.45, 2.75) is 19.4 Å². The highest BCUT2D eigenvalue weighted by Crippen LogP contribution is 2.24. The van der Waals surface area contributed by atoms with Crippen LogP contribution < -0.4 is 5.32 Å². The lowest BCUT2D eigenvalue weighted by molar-refractivity contribution is 0.0922. The van der Waals surface area contributed by atoms with Gasteiger partial charge in [0.2, 0.25) is 0 Å². The molecule has 1 aliphatic rings. The van der Waals surface area contributed by atoms with E-state index in [4.69, 9.17) is 16.3 Å². The quantitative estimate of drug-likeness (QED) is 0.884. The van der Waals surface area contributed by atoms with Crippen LogP contribution in [0.1, 0.15) is 23.7 Å². The highest BCUT2D eigenvalue weighted by atomic mass is 35.5. The molecular weight excluding hydrogens is 254 g/mol. The average molecular weight is 270 g/mol. The van der Waals surface area contributed by atoms with E-state index in [0.29, 0.717) is 18.1 Å². The van der Waals surface area contributed by atoms with Gasteiger partial charge in [-0.15, -0.1) is 0 Å². The third kappa shape index (κ3) is 2.94. The van der Waals surface area contributed by atoms with Crippen molar-refractivity contribution < 1.29 is 14.6 Å². The largest absolute Gasteiger partial charge is 0.506 e. The number of phenols is 1. The second kappa shape index (κ2) is 5.59. The number of hydrogen-bond donors (Lipinski definition) is 2. The summed E-state index contributed by atoms with van der Waals surface area (Å²) in [6.45, 7) is 3.42. The first-order chi connectivity index (χ1) is 8.58. The molecule has 1 heterocycles. The van der Waals surface area contributed by atoms with Crippen molar-refractivity contribution in [3.63, 3.8) is 0 Å². The van der Waals surface area contributed by atoms with Crippen molar-refractivity contribution in [2.75, 3.05) is 13.2 Å². The fraction of sp³-hybridized carbons (Fsp3) is 0.462. The van der Waals surface area contributed by atoms with Crippen LogP contribution in [0.4, 0.5) is 0 Å². The summed E-state index contributed by atoms with van der Waals surface area (Å²) in [5.41, 5.74) is 0.448. The van der Waals surface area contributed by atoms with Crippen molar-refractivity contribution >= 4 is 17.5 Å². The number of halogens is 1. The fourth-order valence-corrected chi connectivity index (χ4v) is 2.18. The molecule has 18 heavy (non-hydrogen) atoms. The molecule has 0 spiro atoms. The van der Waals surface area contributed by atoms with Crippen molar-refractivity contribution in [3.8, 4) is 5.75 Å². The smallest absolute Gasteiger partial charge is 0.251 e. The molecular formula is C13H16ClNO3. The number of amides is 1. The van der Waals surface area contributed by atoms with Gasteiger partial charge in [-0.3, -0.25) is 4.79 Å². The Morgan fingerprint density at radius 3 is 3.00 bits per heavy atom. The number of phenolic OH excluding ortho intramolecular Hbond substituents is 1. The van der Waals surface area contributed by atoms with E-state index < -0.39 is 0 Å². The summed E-state index contributed by atoms with van der Waals surface area (Å²) in [5, 5.41) is 12.4. The first kappa shape index (κ1) is 13.2. The summed E-state index contributed by atoms with van der Waals surface area (Å²) in [6.07, 6.45) is 0.970. The minimum absolute atomic E-state index is 0.0227. The molecule has 0 aliphatic carbocycles. The van der Waals surface area contributed by atoms with Crippen LogP contribution in [-0.2, 0) is 4.74 Å². The number of rotatable bonds is 3. The Morgan fingerprint density at radius 2 is 2.39 bits per heavy atom. The minimum Gasteiger partial charge on any atom is -0.506 e. The predicted octanol–water partition coefficient (Wildman–Crippen LogP) is 2.20. The first-order valence-electron chi connectivity index (χ1n) is 5.95. The van der Waals surface area contributed by atoms with E-state index >= 15 is 0 Å². The number of carbonyl (C=O) groups is 1. The lowest BCUT2D eigenvalue weighted by Gasteiger charge is -2.19. The summed E-state index contributed by atoms with van der Waals surface area (Å²) >= 11 is 5.77. The molecule has 1 aromatic carbocycles. The molecule has 1 aliphatic heterocycles. The van der Waals surface area contributed by atoms with Gasteiger partial charge < -0.3 is 15.2 Å². The Bertz CT molecular complexity index is 444. The summed E-state index contributed by atoms with van der Waals surface area (Å²) in [7, 11) is 0. The minimum atomic E-state index is -0.184. The summed E-state index contributed by atoms with van der Waals surface area (Å²) in [6, 6.07) is 4.49. The van der Waals surface area contributed by atoms with Crippen LogP contribution in [0.15, 0.2) is 18.2 Å². The van der Waals surface area contributed by atoms with Crippen LogP contribution >= 0.6 is 11.6 Å². The maximum absolute atomic E-state index is 12.0. The molecule has 1 saturated heterocycles. The van der Waals surface area contributed by atoms with Gasteiger partial charge in [-0.05, 0) is 31.5 Å². The topological polar surface area (TPSA) is 58.6 Å². The van der Waals surface area contributed by atoms with Gasteiger partial charge in [0.15, 0.2) is 0 Å². The molecule has 4 nitrogen and oxygen atoms in total. The Morgan fingerprint density at radius 1 is 1.61 bits per heavy atom. The summed E-state index contributed by atoms with van der Waals surface area (Å²) in [5.74, 6) is 0.156. The molecule has 0 saturated carbocycles. The van der Waals surface area contributed by atoms with Crippen molar-refractivity contribution in [2.24, 2.45) is 5.92 Å². The van der Waals surface area contributed by atoms with Gasteiger partial charge >= 0.3 is 0 Å². The molecule has 98 valence electrons. The zero-order valence-electron chi connectivity index (χ0n) is 10.1. The Balaban J connectivity index is 2.00. The van der Waals surface area contributed by atoms with E-state index in [1.54, 1.807) is 6.07 Å². The van der Waals surface area contributed by atoms with Gasteiger partial charge in [-0.2, -0.15) is 0 Å². The molecule has 0 radical (unpaired) electrons. The molecule has 2 unspecified atom stereocenters. The lowest BCUT2D eigenvalue weighted by Crippen LogP contribution is -2.38. The fourth-order valence-electron chi connectivity index (χ4n) is 2.00. The van der Waals surface area contributed by atoms with E-state index in [9.17, 15) is 9.90 Å². The lowest BCUT2D eigenvalue weighted by atomic mass is 10.0. The number of hydrogen-bond acceptors (Lipinski definition) is 3. The Kier molecular flexibility index (Phi) is 4.09. The van der Waals surface area contributed by atoms with Gasteiger partial charge in [0.05, 0.1) is 11.6 Å². The van der Waals surface area contributed by atoms with Crippen LogP contribution in [0.3, 0.4) is 0 Å². The standard InChI is InChI=1S/C13H16ClNO3/c1-8(10-4-5-18-7-10)15-13(17)9-2-3-12(16)11(14)6-9/h2-3,6,8,10,16H,4-5,7H2,1H3,(H,15,17). The predicted molar refractivity (Wildman–Crippen MR) is 69.0 cm³/mol. The van der Waals surface area contributed by atoms with Gasteiger partial charge in [0.1, 0.15) is 5.75 Å². The van der Waals surface area contributed by atoms with E-state index in [-0.39, 0.29) is 22.7 Å². The molecule has 2 rings (SSSR count). The maximum Gasteiger partial charge on any atom is 0.251 e. The molecule has 0 bridgehead atoms. The maximum atomic E-state index is 12.0. The molecule has 1 fully saturated rings. The van der Waals surface area contributed by atoms with Crippen LogP contribution in [0, 0.1) is 5.92 Å². The van der Waals surface area contributed by atoms with E-state index in [2.05, 4.69) is 5.32 Å². The zero-order valence-corrected chi connectivity index (χ0v) is 10.9. The highest BCUT2D eigenvalue weighted by molar-refractivity contribution is 6.32. The van der Waals surface area contributed by atoms with Gasteiger partial charge in [0.25, 0.3) is 5.91 Å². The second-order valence-electron chi connectivity index (χ2n) is 4.55. The molecule has 1 aromatic rings. The third-order valence-corrected chi connectivity index (χ3v) is 3.54. The molecule has 5 heteroatoms. The SMILES string of the molecule is CC(NC(=O)c1ccc(O)c(Cl)c1)C1CCOC1. The van der Waals surface area contributed by atoms with Crippen molar-refractivity contribution in [1.82, 2.24) is 5.32 Å². The van der Waals surface area contributed by atoms with Crippen molar-refractivity contribution in [1.29, 1.82) is 0 Å². The highest BCUT2D eigenvalue weighted by Gasteiger charge is 2.23. The van der Waals surface area contributed by atoms with Crippen molar-refractivity contribution in [3.05, 3.63) is 28.8 Å². The van der Waals surface area contributed by atoms with Crippen LogP contribution in [-0.4, -0.2) is 30.3 Å². The molecule has 1 amide bonds. The van der Waals surface area contributed by atoms with Gasteiger partial charge in [-0.1, -0.05) is 11.6 Å². The zero-order chi connectivity index (χ0) is 13.1. The van der Waals surface area contributed by atoms with Crippen LogP contribution in [0.2, 0.25) is 5.02 Å². The third-order valence-electron chi connectivity index (χ3n) is 3.24. The normalized spacial score (nSPS) is 20.7. The number of ether oxygens (including phenoxy) is 1. The summed E-state index contributed by atoms with van der Waals surface area (Å²) < 4.78 is 5.29. The number of benzene rings is 1. The van der Waals surface area contributed by atoms with Gasteiger partial charge in [-0.25, -0.2) is 0 Å². The van der Waals surface area contributed by atoms with Crippen LogP contribution in [0.5, 0.6) is 5.75 Å². The van der Waals surface area contributed by atoms with Gasteiger partial charge in [0, 0.05) is 24.1 Å². The van der Waals surface area contributed by atoms with E-state index in [1.165, 1.54) is 12.1 Å². The summed E-state index contributed by atoms with van der Waals surface area (Å²) in [4.78, 5) is 12.0. The molecule has 2 N–H and O–H groups in total. The average Bonchev–Trinajstić information content (AvgIpc) is 2.86. The van der Waals surface area contributed by atoms with Crippen LogP contribution in [0.25, 0.3) is 0 Å². The monoisotopic (exact) mass is 269 g/mol. The van der Waals surface area contributed by atoms with E-state index in [1.807, 2.05) is 6.92 Å². The number of aromatic hydroxyl groups is 1. The number of nitrogens with one attached hydrogen (secondary N) is 1. The first-order valence-corrected chi connectivity index (χ1v) is 6.33. The Labute approximate surface area is 111 Å². The molecule has 2 atom stereocenters. The number of carbonyl (C=O) groups excluding carboxylic acids is 1.